The smallest absolute Gasteiger partial charge is 0.105 e. The monoisotopic (exact) mass is 188 g/mol. The van der Waals surface area contributed by atoms with E-state index in [1.54, 1.807) is 0 Å². The highest BCUT2D eigenvalue weighted by Crippen LogP contribution is 2.35. The van der Waals surface area contributed by atoms with Gasteiger partial charge in [-0.1, -0.05) is 12.2 Å². The Bertz CT molecular complexity index is 325. The third-order valence-corrected chi connectivity index (χ3v) is 3.48. The van der Waals surface area contributed by atoms with Gasteiger partial charge in [0.2, 0.25) is 0 Å². The Kier molecular flexibility index (Phi) is 1.93. The first-order chi connectivity index (χ1) is 6.93. The number of nitrogens with zero attached hydrogens (tertiary/aromatic N) is 1. The summed E-state index contributed by atoms with van der Waals surface area (Å²) in [6.45, 7) is 1.11. The first-order valence-electron chi connectivity index (χ1n) is 5.62. The number of fused-ring (bicyclic) bond motifs is 2. The Labute approximate surface area is 84.8 Å². The maximum atomic E-state index is 4.74. The van der Waals surface area contributed by atoms with Crippen molar-refractivity contribution in [2.24, 2.45) is 16.8 Å². The zero-order valence-corrected chi connectivity index (χ0v) is 8.37. The summed E-state index contributed by atoms with van der Waals surface area (Å²) >= 11 is 0. The number of hydrogen-bond donors (Lipinski definition) is 1. The van der Waals surface area contributed by atoms with Crippen LogP contribution in [0.1, 0.15) is 25.7 Å². The molecule has 0 spiro atoms. The van der Waals surface area contributed by atoms with Crippen molar-refractivity contribution in [1.82, 2.24) is 5.32 Å². The first kappa shape index (κ1) is 8.27. The number of nitrogens with one attached hydrogen (secondary N) is 1. The maximum Gasteiger partial charge on any atom is 0.105 e. The number of piperidine rings is 1. The van der Waals surface area contributed by atoms with Gasteiger partial charge in [0.1, 0.15) is 5.84 Å². The second-order valence-electron chi connectivity index (χ2n) is 4.45. The third kappa shape index (κ3) is 1.29. The van der Waals surface area contributed by atoms with Crippen LogP contribution in [0.2, 0.25) is 0 Å². The van der Waals surface area contributed by atoms with Crippen LogP contribution in [-0.4, -0.2) is 12.4 Å². The maximum absolute atomic E-state index is 4.74. The molecule has 0 bridgehead atoms. The fourth-order valence-electron chi connectivity index (χ4n) is 2.70. The molecule has 3 rings (SSSR count). The van der Waals surface area contributed by atoms with Crippen molar-refractivity contribution in [3.05, 3.63) is 23.9 Å². The van der Waals surface area contributed by atoms with E-state index in [-0.39, 0.29) is 0 Å². The molecule has 2 aliphatic heterocycles. The molecule has 1 aliphatic carbocycles. The van der Waals surface area contributed by atoms with Crippen molar-refractivity contribution in [1.29, 1.82) is 0 Å². The molecule has 14 heavy (non-hydrogen) atoms. The molecule has 0 aromatic heterocycles. The molecule has 1 N–H and O–H groups in total. The summed E-state index contributed by atoms with van der Waals surface area (Å²) in [7, 11) is 0. The van der Waals surface area contributed by atoms with Crippen molar-refractivity contribution in [2.45, 2.75) is 25.7 Å². The number of hydrogen-bond acceptors (Lipinski definition) is 2. The molecule has 0 aromatic carbocycles. The van der Waals surface area contributed by atoms with Crippen molar-refractivity contribution in [3.8, 4) is 0 Å². The molecule has 74 valence electrons. The highest BCUT2D eigenvalue weighted by molar-refractivity contribution is 5.87. The Morgan fingerprint density at radius 3 is 3.36 bits per heavy atom. The predicted molar refractivity (Wildman–Crippen MR) is 58.1 cm³/mol. The van der Waals surface area contributed by atoms with E-state index < -0.39 is 0 Å². The van der Waals surface area contributed by atoms with Gasteiger partial charge >= 0.3 is 0 Å². The second-order valence-corrected chi connectivity index (χ2v) is 4.45. The van der Waals surface area contributed by atoms with E-state index in [4.69, 9.17) is 4.99 Å². The molecule has 0 saturated carbocycles. The molecule has 0 radical (unpaired) electrons. The minimum atomic E-state index is 0.702. The van der Waals surface area contributed by atoms with Crippen LogP contribution in [0.3, 0.4) is 0 Å². The molecular weight excluding hydrogens is 172 g/mol. The largest absolute Gasteiger partial charge is 0.373 e. The molecule has 1 saturated heterocycles. The third-order valence-electron chi connectivity index (χ3n) is 3.48. The van der Waals surface area contributed by atoms with E-state index >= 15 is 0 Å². The van der Waals surface area contributed by atoms with Gasteiger partial charge in [0, 0.05) is 24.1 Å². The van der Waals surface area contributed by atoms with Crippen molar-refractivity contribution < 1.29 is 0 Å². The molecule has 0 amide bonds. The minimum Gasteiger partial charge on any atom is -0.373 e. The average molecular weight is 188 g/mol. The first-order valence-corrected chi connectivity index (χ1v) is 5.62. The van der Waals surface area contributed by atoms with E-state index in [2.05, 4.69) is 23.5 Å². The molecule has 2 heterocycles. The predicted octanol–water partition coefficient (Wildman–Crippen LogP) is 2.25. The lowest BCUT2D eigenvalue weighted by Crippen LogP contribution is -2.40. The lowest BCUT2D eigenvalue weighted by atomic mass is 9.81. The van der Waals surface area contributed by atoms with E-state index in [1.165, 1.54) is 37.2 Å². The molecular formula is C12H16N2. The molecule has 3 aliphatic rings. The summed E-state index contributed by atoms with van der Waals surface area (Å²) in [5.74, 6) is 2.68. The topological polar surface area (TPSA) is 24.4 Å². The van der Waals surface area contributed by atoms with Gasteiger partial charge in [-0.3, -0.25) is 0 Å². The molecule has 0 aromatic rings. The van der Waals surface area contributed by atoms with Crippen molar-refractivity contribution in [3.63, 3.8) is 0 Å². The minimum absolute atomic E-state index is 0.702. The zero-order valence-electron chi connectivity index (χ0n) is 8.37. The quantitative estimate of drug-likeness (QED) is 0.619. The van der Waals surface area contributed by atoms with Crippen molar-refractivity contribution >= 4 is 5.84 Å². The van der Waals surface area contributed by atoms with Crippen LogP contribution in [0, 0.1) is 11.8 Å². The van der Waals surface area contributed by atoms with E-state index in [9.17, 15) is 0 Å². The van der Waals surface area contributed by atoms with Crippen LogP contribution in [0.15, 0.2) is 28.9 Å². The lowest BCUT2D eigenvalue weighted by molar-refractivity contribution is 0.404. The molecule has 2 unspecified atom stereocenters. The number of allylic oxidation sites excluding steroid dienone is 4. The molecule has 2 nitrogen and oxygen atoms in total. The van der Waals surface area contributed by atoms with Crippen LogP contribution >= 0.6 is 0 Å². The second kappa shape index (κ2) is 3.26. The Hall–Kier alpha value is -1.05. The van der Waals surface area contributed by atoms with E-state index in [0.29, 0.717) is 5.92 Å². The Morgan fingerprint density at radius 1 is 1.36 bits per heavy atom. The standard InChI is InChI=1S/C12H16N2/c1-2-6-11-9(4-1)8-10-5-3-7-13-12(10)14-11/h1-2,6,9-10H,3-5,7-8H2,(H,13,14). The zero-order chi connectivity index (χ0) is 9.38. The summed E-state index contributed by atoms with van der Waals surface area (Å²) < 4.78 is 0. The fourth-order valence-corrected chi connectivity index (χ4v) is 2.70. The van der Waals surface area contributed by atoms with Crippen molar-refractivity contribution in [2.75, 3.05) is 6.54 Å². The summed E-state index contributed by atoms with van der Waals surface area (Å²) in [4.78, 5) is 4.74. The number of rotatable bonds is 0. The highest BCUT2D eigenvalue weighted by Gasteiger charge is 2.30. The van der Waals surface area contributed by atoms with Gasteiger partial charge in [0.05, 0.1) is 0 Å². The van der Waals surface area contributed by atoms with Gasteiger partial charge in [-0.15, -0.1) is 0 Å². The fraction of sp³-hybridized carbons (Fsp3) is 0.583. The van der Waals surface area contributed by atoms with Crippen LogP contribution < -0.4 is 5.32 Å². The number of aliphatic imine (C=N–C) groups is 1. The number of amidine groups is 1. The van der Waals surface area contributed by atoms with Gasteiger partial charge < -0.3 is 5.32 Å². The normalized spacial score (nSPS) is 34.9. The van der Waals surface area contributed by atoms with E-state index in [1.807, 2.05) is 0 Å². The van der Waals surface area contributed by atoms with Gasteiger partial charge in [-0.2, -0.15) is 0 Å². The Morgan fingerprint density at radius 2 is 2.36 bits per heavy atom. The summed E-state index contributed by atoms with van der Waals surface area (Å²) in [5, 5.41) is 3.44. The Balaban J connectivity index is 1.92. The summed E-state index contributed by atoms with van der Waals surface area (Å²) in [6, 6.07) is 0. The van der Waals surface area contributed by atoms with Gasteiger partial charge in [-0.05, 0) is 31.8 Å². The van der Waals surface area contributed by atoms with Crippen LogP contribution in [0.5, 0.6) is 0 Å². The average Bonchev–Trinajstić information content (AvgIpc) is 2.26. The van der Waals surface area contributed by atoms with Gasteiger partial charge in [0.15, 0.2) is 0 Å². The lowest BCUT2D eigenvalue weighted by Gasteiger charge is -2.34. The molecule has 2 atom stereocenters. The summed E-state index contributed by atoms with van der Waals surface area (Å²) in [6.07, 6.45) is 11.7. The molecule has 1 fully saturated rings. The van der Waals surface area contributed by atoms with Gasteiger partial charge in [-0.25, -0.2) is 4.99 Å². The molecule has 2 heteroatoms. The van der Waals surface area contributed by atoms with Crippen LogP contribution in [0.25, 0.3) is 0 Å². The van der Waals surface area contributed by atoms with Crippen LogP contribution in [-0.2, 0) is 0 Å². The summed E-state index contributed by atoms with van der Waals surface area (Å²) in [5.41, 5.74) is 1.30. The SMILES string of the molecule is C1=CCC2CC3CCCNC3=NC2=C1. The van der Waals surface area contributed by atoms with E-state index in [0.717, 1.165) is 12.5 Å². The van der Waals surface area contributed by atoms with Gasteiger partial charge in [0.25, 0.3) is 0 Å². The highest BCUT2D eigenvalue weighted by atomic mass is 15.0. The van der Waals surface area contributed by atoms with Crippen LogP contribution in [0.4, 0.5) is 0 Å².